The molecule has 5 nitrogen and oxygen atoms in total. The van der Waals surface area contributed by atoms with Crippen LogP contribution in [0.25, 0.3) is 11.1 Å². The summed E-state index contributed by atoms with van der Waals surface area (Å²) in [5.74, 6) is 0.569. The zero-order valence-corrected chi connectivity index (χ0v) is 16.0. The maximum absolute atomic E-state index is 12.6. The van der Waals surface area contributed by atoms with E-state index in [0.29, 0.717) is 24.4 Å². The molecule has 1 fully saturated rings. The van der Waals surface area contributed by atoms with Crippen LogP contribution in [-0.4, -0.2) is 34.6 Å². The molecule has 6 heteroatoms. The van der Waals surface area contributed by atoms with Crippen LogP contribution < -0.4 is 10.3 Å². The van der Waals surface area contributed by atoms with Crippen LogP contribution in [-0.2, 0) is 7.05 Å². The van der Waals surface area contributed by atoms with Gasteiger partial charge in [-0.15, -0.1) is 0 Å². The summed E-state index contributed by atoms with van der Waals surface area (Å²) in [4.78, 5) is 26.2. The fourth-order valence-electron chi connectivity index (χ4n) is 3.09. The molecule has 27 heavy (non-hydrogen) atoms. The predicted octanol–water partition coefficient (Wildman–Crippen LogP) is 3.33. The van der Waals surface area contributed by atoms with Gasteiger partial charge in [0.05, 0.1) is 13.1 Å². The lowest BCUT2D eigenvalue weighted by atomic mass is 10.0. The Kier molecular flexibility index (Phi) is 4.58. The smallest absolute Gasteiger partial charge is 0.254 e. The molecule has 1 aromatic carbocycles. The van der Waals surface area contributed by atoms with Crippen LogP contribution in [0.5, 0.6) is 5.75 Å². The fraction of sp³-hybridized carbons (Fsp3) is 0.238. The van der Waals surface area contributed by atoms with E-state index in [-0.39, 0.29) is 17.6 Å². The topological polar surface area (TPSA) is 51.5 Å². The number of aromatic nitrogens is 1. The summed E-state index contributed by atoms with van der Waals surface area (Å²) >= 11 is 1.66. The number of hydrogen-bond acceptors (Lipinski definition) is 4. The van der Waals surface area contributed by atoms with Gasteiger partial charge >= 0.3 is 0 Å². The summed E-state index contributed by atoms with van der Waals surface area (Å²) in [6.07, 6.45) is -0.0782. The third-order valence-electron chi connectivity index (χ3n) is 4.90. The third kappa shape index (κ3) is 3.53. The number of benzene rings is 1. The van der Waals surface area contributed by atoms with E-state index in [4.69, 9.17) is 4.74 Å². The number of rotatable bonds is 4. The monoisotopic (exact) mass is 380 g/mol. The first kappa shape index (κ1) is 17.5. The van der Waals surface area contributed by atoms with Crippen molar-refractivity contribution in [2.75, 3.05) is 13.1 Å². The van der Waals surface area contributed by atoms with Gasteiger partial charge in [0.25, 0.3) is 11.5 Å². The van der Waals surface area contributed by atoms with Crippen molar-refractivity contribution in [1.82, 2.24) is 9.47 Å². The summed E-state index contributed by atoms with van der Waals surface area (Å²) in [6, 6.07) is 13.1. The fourth-order valence-corrected chi connectivity index (χ4v) is 3.76. The average molecular weight is 380 g/mol. The van der Waals surface area contributed by atoms with Crippen molar-refractivity contribution in [3.05, 3.63) is 74.8 Å². The van der Waals surface area contributed by atoms with Gasteiger partial charge in [-0.2, -0.15) is 11.3 Å². The molecule has 0 atom stereocenters. The SMILES string of the molecule is Cc1cc(OC2CN(C(=O)c3ccc(-c4ccsc4)cc3)C2)cc(=O)n1C. The lowest BCUT2D eigenvalue weighted by Gasteiger charge is -2.39. The summed E-state index contributed by atoms with van der Waals surface area (Å²) in [7, 11) is 1.73. The van der Waals surface area contributed by atoms with Crippen LogP contribution in [0.1, 0.15) is 16.1 Å². The van der Waals surface area contributed by atoms with Crippen LogP contribution in [0.4, 0.5) is 0 Å². The number of carbonyl (C=O) groups is 1. The van der Waals surface area contributed by atoms with E-state index >= 15 is 0 Å². The molecule has 1 saturated heterocycles. The second-order valence-corrected chi connectivity index (χ2v) is 7.55. The molecular weight excluding hydrogens is 360 g/mol. The molecule has 0 radical (unpaired) electrons. The Morgan fingerprint density at radius 3 is 2.48 bits per heavy atom. The lowest BCUT2D eigenvalue weighted by molar-refractivity contribution is 0.0176. The average Bonchev–Trinajstić information content (AvgIpc) is 3.16. The van der Waals surface area contributed by atoms with Gasteiger partial charge in [-0.1, -0.05) is 12.1 Å². The number of amides is 1. The van der Waals surface area contributed by atoms with Crippen molar-refractivity contribution >= 4 is 17.2 Å². The lowest BCUT2D eigenvalue weighted by Crippen LogP contribution is -2.56. The van der Waals surface area contributed by atoms with E-state index in [1.807, 2.05) is 42.6 Å². The first-order valence-corrected chi connectivity index (χ1v) is 9.72. The highest BCUT2D eigenvalue weighted by Crippen LogP contribution is 2.24. The van der Waals surface area contributed by atoms with Gasteiger partial charge in [0, 0.05) is 24.4 Å². The minimum Gasteiger partial charge on any atom is -0.486 e. The van der Waals surface area contributed by atoms with Gasteiger partial charge in [0.15, 0.2) is 0 Å². The van der Waals surface area contributed by atoms with Crippen molar-refractivity contribution < 1.29 is 9.53 Å². The zero-order valence-electron chi connectivity index (χ0n) is 15.2. The van der Waals surface area contributed by atoms with Gasteiger partial charge in [0.1, 0.15) is 11.9 Å². The Balaban J connectivity index is 1.36. The number of pyridine rings is 1. The Hall–Kier alpha value is -2.86. The molecule has 0 spiro atoms. The number of likely N-dealkylation sites (tertiary alicyclic amines) is 1. The van der Waals surface area contributed by atoms with Crippen LogP contribution in [0.3, 0.4) is 0 Å². The van der Waals surface area contributed by atoms with Gasteiger partial charge in [-0.05, 0) is 53.1 Å². The van der Waals surface area contributed by atoms with Crippen molar-refractivity contribution in [1.29, 1.82) is 0 Å². The Morgan fingerprint density at radius 1 is 1.11 bits per heavy atom. The quantitative estimate of drug-likeness (QED) is 0.698. The van der Waals surface area contributed by atoms with Crippen molar-refractivity contribution in [3.63, 3.8) is 0 Å². The summed E-state index contributed by atoms with van der Waals surface area (Å²) in [6.45, 7) is 2.92. The zero-order chi connectivity index (χ0) is 19.0. The van der Waals surface area contributed by atoms with E-state index in [0.717, 1.165) is 11.3 Å². The van der Waals surface area contributed by atoms with Crippen molar-refractivity contribution in [2.45, 2.75) is 13.0 Å². The molecule has 1 aliphatic rings. The second kappa shape index (κ2) is 7.04. The number of thiophene rings is 1. The molecule has 0 saturated carbocycles. The highest BCUT2D eigenvalue weighted by molar-refractivity contribution is 7.08. The highest BCUT2D eigenvalue weighted by atomic mass is 32.1. The maximum Gasteiger partial charge on any atom is 0.254 e. The standard InChI is InChI=1S/C21H20N2O3S/c1-14-9-18(10-20(24)22(14)2)26-19-11-23(12-19)21(25)16-5-3-15(4-6-16)17-7-8-27-13-17/h3-10,13,19H,11-12H2,1-2H3. The Morgan fingerprint density at radius 2 is 1.85 bits per heavy atom. The summed E-state index contributed by atoms with van der Waals surface area (Å²) < 4.78 is 7.42. The minimum absolute atomic E-state index is 0.00637. The first-order chi connectivity index (χ1) is 13.0. The van der Waals surface area contributed by atoms with E-state index in [1.165, 1.54) is 11.6 Å². The molecule has 2 aromatic heterocycles. The second-order valence-electron chi connectivity index (χ2n) is 6.77. The largest absolute Gasteiger partial charge is 0.486 e. The predicted molar refractivity (Wildman–Crippen MR) is 106 cm³/mol. The molecule has 1 amide bonds. The van der Waals surface area contributed by atoms with Gasteiger partial charge < -0.3 is 14.2 Å². The Bertz CT molecular complexity index is 1020. The normalized spacial score (nSPS) is 14.1. The number of aryl methyl sites for hydroxylation is 1. The van der Waals surface area contributed by atoms with Crippen molar-refractivity contribution in [3.8, 4) is 16.9 Å². The van der Waals surface area contributed by atoms with Gasteiger partial charge in [-0.25, -0.2) is 0 Å². The van der Waals surface area contributed by atoms with E-state index in [2.05, 4.69) is 11.4 Å². The molecule has 3 heterocycles. The van der Waals surface area contributed by atoms with Crippen LogP contribution >= 0.6 is 11.3 Å². The van der Waals surface area contributed by atoms with Gasteiger partial charge in [0.2, 0.25) is 0 Å². The van der Waals surface area contributed by atoms with Crippen LogP contribution in [0.2, 0.25) is 0 Å². The van der Waals surface area contributed by atoms with Crippen LogP contribution in [0, 0.1) is 6.92 Å². The number of ether oxygens (including phenoxy) is 1. The van der Waals surface area contributed by atoms with Gasteiger partial charge in [-0.3, -0.25) is 9.59 Å². The van der Waals surface area contributed by atoms with Crippen LogP contribution in [0.15, 0.2) is 58.0 Å². The third-order valence-corrected chi connectivity index (χ3v) is 5.58. The molecule has 1 aliphatic heterocycles. The minimum atomic E-state index is -0.0945. The summed E-state index contributed by atoms with van der Waals surface area (Å²) in [5, 5.41) is 4.13. The molecule has 0 bridgehead atoms. The molecule has 0 unspecified atom stereocenters. The molecule has 138 valence electrons. The molecule has 0 N–H and O–H groups in total. The Labute approximate surface area is 161 Å². The number of carbonyl (C=O) groups excluding carboxylic acids is 1. The molecular formula is C21H20N2O3S. The first-order valence-electron chi connectivity index (χ1n) is 8.77. The maximum atomic E-state index is 12.6. The number of nitrogens with zero attached hydrogens (tertiary/aromatic N) is 2. The highest BCUT2D eigenvalue weighted by Gasteiger charge is 2.33. The molecule has 4 rings (SSSR count). The van der Waals surface area contributed by atoms with E-state index < -0.39 is 0 Å². The van der Waals surface area contributed by atoms with Crippen molar-refractivity contribution in [2.24, 2.45) is 7.05 Å². The number of hydrogen-bond donors (Lipinski definition) is 0. The summed E-state index contributed by atoms with van der Waals surface area (Å²) in [5.41, 5.74) is 3.70. The molecule has 3 aromatic rings. The van der Waals surface area contributed by atoms with E-state index in [9.17, 15) is 9.59 Å². The molecule has 0 aliphatic carbocycles. The van der Waals surface area contributed by atoms with E-state index in [1.54, 1.807) is 27.9 Å².